The summed E-state index contributed by atoms with van der Waals surface area (Å²) in [5.74, 6) is -1.09. The number of rotatable bonds is 4. The molecule has 1 atom stereocenters. The van der Waals surface area contributed by atoms with Crippen LogP contribution in [0.5, 0.6) is 0 Å². The van der Waals surface area contributed by atoms with E-state index >= 15 is 0 Å². The van der Waals surface area contributed by atoms with Crippen LogP contribution >= 0.6 is 11.3 Å². The van der Waals surface area contributed by atoms with Gasteiger partial charge in [-0.3, -0.25) is 9.59 Å². The highest BCUT2D eigenvalue weighted by molar-refractivity contribution is 7.08. The third kappa shape index (κ3) is 3.21. The van der Waals surface area contributed by atoms with E-state index in [1.54, 1.807) is 12.1 Å². The molecule has 0 unspecified atom stereocenters. The minimum absolute atomic E-state index is 0.141. The maximum Gasteiger partial charge on any atom is 0.309 e. The summed E-state index contributed by atoms with van der Waals surface area (Å²) in [5, 5.41) is 15.8. The van der Waals surface area contributed by atoms with Gasteiger partial charge in [0.15, 0.2) is 0 Å². The van der Waals surface area contributed by atoms with E-state index in [2.05, 4.69) is 5.32 Å². The Morgan fingerprint density at radius 2 is 2.21 bits per heavy atom. The van der Waals surface area contributed by atoms with Gasteiger partial charge in [-0.05, 0) is 23.6 Å². The first kappa shape index (κ1) is 13.3. The zero-order chi connectivity index (χ0) is 13.8. The van der Waals surface area contributed by atoms with Crippen LogP contribution in [0, 0.1) is 0 Å². The van der Waals surface area contributed by atoms with E-state index in [0.29, 0.717) is 11.5 Å². The molecule has 19 heavy (non-hydrogen) atoms. The number of carbonyl (C=O) groups excluding carboxylic acids is 2. The number of thiophene rings is 1. The first-order chi connectivity index (χ1) is 9.08. The van der Waals surface area contributed by atoms with E-state index in [-0.39, 0.29) is 6.54 Å². The zero-order valence-electron chi connectivity index (χ0n) is 9.83. The summed E-state index contributed by atoms with van der Waals surface area (Å²) < 4.78 is 5.47. The maximum atomic E-state index is 10.9. The molecule has 0 aliphatic carbocycles. The molecule has 0 fully saturated rings. The number of aliphatic hydroxyl groups excluding tert-OH is 1. The quantitative estimate of drug-likeness (QED) is 0.715. The number of hydrogen-bond donors (Lipinski definition) is 3. The highest BCUT2D eigenvalue weighted by Crippen LogP contribution is 2.26. The van der Waals surface area contributed by atoms with Gasteiger partial charge in [0.2, 0.25) is 0 Å². The summed E-state index contributed by atoms with van der Waals surface area (Å²) in [5.41, 5.74) is 5.70. The van der Waals surface area contributed by atoms with Crippen molar-refractivity contribution in [2.75, 3.05) is 6.54 Å². The third-order valence-corrected chi connectivity index (χ3v) is 3.12. The Morgan fingerprint density at radius 3 is 2.84 bits per heavy atom. The van der Waals surface area contributed by atoms with Gasteiger partial charge in [0.25, 0.3) is 0 Å². The smallest absolute Gasteiger partial charge is 0.309 e. The fourth-order valence-electron chi connectivity index (χ4n) is 1.47. The molecule has 0 spiro atoms. The maximum absolute atomic E-state index is 10.9. The van der Waals surface area contributed by atoms with Gasteiger partial charge in [-0.25, -0.2) is 0 Å². The summed E-state index contributed by atoms with van der Waals surface area (Å²) in [4.78, 5) is 21.5. The predicted molar refractivity (Wildman–Crippen MR) is 69.2 cm³/mol. The van der Waals surface area contributed by atoms with Crippen molar-refractivity contribution in [2.45, 2.75) is 6.10 Å². The van der Waals surface area contributed by atoms with Crippen LogP contribution < -0.4 is 11.1 Å². The molecule has 0 saturated carbocycles. The minimum atomic E-state index is -1.09. The molecule has 0 aromatic carbocycles. The van der Waals surface area contributed by atoms with E-state index in [0.717, 1.165) is 5.56 Å². The fraction of sp³-hybridized carbons (Fsp3) is 0.167. The van der Waals surface area contributed by atoms with Crippen molar-refractivity contribution >= 4 is 23.2 Å². The standard InChI is InChI=1S/C12H12N2O4S/c13-11(16)12(17)14-5-8(15)10-2-1-9(18-10)7-3-4-19-6-7/h1-4,6,8,15H,5H2,(H2,13,16)(H,14,17)/t8-/m0/s1. The topological polar surface area (TPSA) is 106 Å². The van der Waals surface area contributed by atoms with Crippen LogP contribution in [-0.4, -0.2) is 23.5 Å². The number of hydrogen-bond acceptors (Lipinski definition) is 5. The van der Waals surface area contributed by atoms with Crippen molar-refractivity contribution in [3.05, 3.63) is 34.7 Å². The van der Waals surface area contributed by atoms with Gasteiger partial charge in [-0.15, -0.1) is 0 Å². The van der Waals surface area contributed by atoms with Crippen molar-refractivity contribution in [1.82, 2.24) is 5.32 Å². The second kappa shape index (κ2) is 5.68. The SMILES string of the molecule is NC(=O)C(=O)NC[C@H](O)c1ccc(-c2ccsc2)o1. The van der Waals surface area contributed by atoms with E-state index in [1.165, 1.54) is 11.3 Å². The number of amides is 2. The first-order valence-corrected chi connectivity index (χ1v) is 6.40. The van der Waals surface area contributed by atoms with Gasteiger partial charge in [0, 0.05) is 10.9 Å². The van der Waals surface area contributed by atoms with Crippen LogP contribution in [0.1, 0.15) is 11.9 Å². The molecule has 0 radical (unpaired) electrons. The van der Waals surface area contributed by atoms with E-state index < -0.39 is 17.9 Å². The van der Waals surface area contributed by atoms with Gasteiger partial charge in [-0.2, -0.15) is 11.3 Å². The highest BCUT2D eigenvalue weighted by atomic mass is 32.1. The van der Waals surface area contributed by atoms with Crippen molar-refractivity contribution in [2.24, 2.45) is 5.73 Å². The second-order valence-electron chi connectivity index (χ2n) is 3.80. The van der Waals surface area contributed by atoms with Crippen LogP contribution in [0.2, 0.25) is 0 Å². The Balaban J connectivity index is 1.98. The average molecular weight is 280 g/mol. The Bertz CT molecular complexity index is 576. The number of primary amides is 1. The van der Waals surface area contributed by atoms with E-state index in [9.17, 15) is 14.7 Å². The number of nitrogens with two attached hydrogens (primary N) is 1. The van der Waals surface area contributed by atoms with Crippen molar-refractivity contribution in [3.63, 3.8) is 0 Å². The van der Waals surface area contributed by atoms with Crippen LogP contribution in [-0.2, 0) is 9.59 Å². The second-order valence-corrected chi connectivity index (χ2v) is 4.58. The van der Waals surface area contributed by atoms with E-state index in [4.69, 9.17) is 10.2 Å². The lowest BCUT2D eigenvalue weighted by Gasteiger charge is -2.08. The van der Waals surface area contributed by atoms with Crippen LogP contribution in [0.25, 0.3) is 11.3 Å². The summed E-state index contributed by atoms with van der Waals surface area (Å²) in [6.45, 7) is -0.141. The largest absolute Gasteiger partial charge is 0.458 e. The molecule has 2 amide bonds. The lowest BCUT2D eigenvalue weighted by molar-refractivity contribution is -0.137. The number of aliphatic hydroxyl groups is 1. The Hall–Kier alpha value is -2.12. The molecule has 2 rings (SSSR count). The normalized spacial score (nSPS) is 12.1. The monoisotopic (exact) mass is 280 g/mol. The average Bonchev–Trinajstić information content (AvgIpc) is 3.04. The number of furan rings is 1. The summed E-state index contributed by atoms with van der Waals surface area (Å²) >= 11 is 1.54. The lowest BCUT2D eigenvalue weighted by atomic mass is 10.2. The van der Waals surface area contributed by atoms with E-state index in [1.807, 2.05) is 16.8 Å². The summed E-state index contributed by atoms with van der Waals surface area (Å²) in [6, 6.07) is 5.25. The van der Waals surface area contributed by atoms with Gasteiger partial charge in [0.05, 0.1) is 6.54 Å². The molecular weight excluding hydrogens is 268 g/mol. The van der Waals surface area contributed by atoms with Gasteiger partial charge in [-0.1, -0.05) is 0 Å². The van der Waals surface area contributed by atoms with Crippen LogP contribution in [0.15, 0.2) is 33.4 Å². The fourth-order valence-corrected chi connectivity index (χ4v) is 2.11. The molecule has 0 aliphatic rings. The molecule has 7 heteroatoms. The van der Waals surface area contributed by atoms with Crippen LogP contribution in [0.3, 0.4) is 0 Å². The Kier molecular flexibility index (Phi) is 3.98. The van der Waals surface area contributed by atoms with Gasteiger partial charge in [0.1, 0.15) is 17.6 Å². The molecule has 2 heterocycles. The lowest BCUT2D eigenvalue weighted by Crippen LogP contribution is -2.38. The molecule has 2 aromatic rings. The third-order valence-electron chi connectivity index (χ3n) is 2.44. The van der Waals surface area contributed by atoms with Crippen molar-refractivity contribution < 1.29 is 19.1 Å². The highest BCUT2D eigenvalue weighted by Gasteiger charge is 2.16. The molecule has 0 bridgehead atoms. The molecular formula is C12H12N2O4S. The Morgan fingerprint density at radius 1 is 1.42 bits per heavy atom. The summed E-state index contributed by atoms with van der Waals surface area (Å²) in [6.07, 6.45) is -1.03. The molecule has 2 aromatic heterocycles. The zero-order valence-corrected chi connectivity index (χ0v) is 10.6. The summed E-state index contributed by atoms with van der Waals surface area (Å²) in [7, 11) is 0. The van der Waals surface area contributed by atoms with Gasteiger partial charge < -0.3 is 20.6 Å². The minimum Gasteiger partial charge on any atom is -0.458 e. The Labute approximate surface area is 112 Å². The number of carbonyl (C=O) groups is 2. The molecule has 100 valence electrons. The van der Waals surface area contributed by atoms with Crippen molar-refractivity contribution in [3.8, 4) is 11.3 Å². The molecule has 0 saturated heterocycles. The predicted octanol–water partition coefficient (Wildman–Crippen LogP) is 0.643. The number of nitrogens with one attached hydrogen (secondary N) is 1. The van der Waals surface area contributed by atoms with Crippen LogP contribution in [0.4, 0.5) is 0 Å². The molecule has 0 aliphatic heterocycles. The first-order valence-electron chi connectivity index (χ1n) is 5.46. The molecule has 6 nitrogen and oxygen atoms in total. The van der Waals surface area contributed by atoms with Gasteiger partial charge >= 0.3 is 11.8 Å². The van der Waals surface area contributed by atoms with Crippen molar-refractivity contribution in [1.29, 1.82) is 0 Å². The molecule has 4 N–H and O–H groups in total.